The van der Waals surface area contributed by atoms with Gasteiger partial charge in [0, 0.05) is 12.8 Å². The lowest BCUT2D eigenvalue weighted by Crippen LogP contribution is -2.73. The molecule has 2 aliphatic heterocycles. The third-order valence-corrected chi connectivity index (χ3v) is 12.1. The van der Waals surface area contributed by atoms with Crippen LogP contribution in [0, 0.1) is 28.6 Å². The molecule has 5 aliphatic rings. The fraction of sp³-hybridized carbons (Fsp3) is 0.844. The maximum absolute atomic E-state index is 14.4. The van der Waals surface area contributed by atoms with Crippen molar-refractivity contribution in [2.24, 2.45) is 34.3 Å². The molecule has 2 saturated heterocycles. The molecule has 5 amide bonds. The molecule has 13 heteroatoms. The van der Waals surface area contributed by atoms with Crippen molar-refractivity contribution in [2.45, 2.75) is 122 Å². The lowest BCUT2D eigenvalue weighted by Gasteiger charge is -2.63. The average Bonchev–Trinajstić information content (AvgIpc) is 2.90. The molecule has 5 N–H and O–H groups in total. The number of Topliss-reactive ketones (excluding diaryl/α,β-unsaturated/α-hetero) is 1. The Balaban J connectivity index is 1.57. The summed E-state index contributed by atoms with van der Waals surface area (Å²) in [6.45, 7) is 9.94. The first-order valence-electron chi connectivity index (χ1n) is 16.4. The van der Waals surface area contributed by atoms with Gasteiger partial charge in [-0.25, -0.2) is 13.2 Å². The number of nitrogens with two attached hydrogens (primary N) is 1. The number of piperidine rings is 2. The van der Waals surface area contributed by atoms with Crippen molar-refractivity contribution < 1.29 is 32.4 Å². The van der Waals surface area contributed by atoms with Crippen LogP contribution in [0.2, 0.25) is 0 Å². The Labute approximate surface area is 267 Å². The molecule has 3 saturated carbocycles. The van der Waals surface area contributed by atoms with Crippen molar-refractivity contribution in [3.8, 4) is 0 Å². The number of carbonyl (C=O) groups excluding carboxylic acids is 5. The first kappa shape index (κ1) is 35.2. The molecule has 1 unspecified atom stereocenters. The molecule has 254 valence electrons. The fourth-order valence-corrected chi connectivity index (χ4v) is 9.37. The summed E-state index contributed by atoms with van der Waals surface area (Å²) in [5.41, 5.74) is 3.45. The second-order valence-corrected chi connectivity index (χ2v) is 18.1. The minimum atomic E-state index is -3.39. The Bertz CT molecular complexity index is 1300. The van der Waals surface area contributed by atoms with E-state index in [4.69, 9.17) is 5.73 Å². The molecular weight excluding hydrogens is 598 g/mol. The Hall–Kier alpha value is -2.70. The van der Waals surface area contributed by atoms with E-state index in [9.17, 15) is 32.4 Å². The molecule has 0 spiro atoms. The standard InChI is InChI=1S/C32H53N5O7S/c1-30(2,3)25(35-29(42)36-32(18-45(6,43)44)13-8-7-9-14-32)28(41)37-17-20-16-21(31(20,4)5)23(37)27(40)34-22(24(38)26(33)39)15-19-11-10-12-19/h19-23,25H,7-18H2,1-6H3,(H2,33,39)(H,34,40)(H2,35,36,42)/t20-,21+,22?,23-,25+/m0/s1. The smallest absolute Gasteiger partial charge is 0.315 e. The van der Waals surface area contributed by atoms with E-state index in [-0.39, 0.29) is 28.9 Å². The first-order chi connectivity index (χ1) is 20.7. The Morgan fingerprint density at radius 3 is 2.09 bits per heavy atom. The summed E-state index contributed by atoms with van der Waals surface area (Å²) in [6.07, 6.45) is 8.69. The lowest BCUT2D eigenvalue weighted by atomic mass is 9.49. The Kier molecular flexibility index (Phi) is 10.0. The molecule has 45 heavy (non-hydrogen) atoms. The number of amides is 5. The SMILES string of the molecule is CC(C)(C)[C@H](NC(=O)NC1(CS(C)(=O)=O)CCCCC1)C(=O)N1C[C@@H]2C[C@H]([C@H]1C(=O)NC(CC1CCC1)C(=O)C(N)=O)C2(C)C. The number of urea groups is 1. The van der Waals surface area contributed by atoms with E-state index in [2.05, 4.69) is 29.8 Å². The summed E-state index contributed by atoms with van der Waals surface area (Å²) in [6, 6.07) is -3.59. The van der Waals surface area contributed by atoms with Gasteiger partial charge in [-0.15, -0.1) is 0 Å². The fourth-order valence-electron chi connectivity index (χ4n) is 8.00. The number of rotatable bonds is 11. The highest BCUT2D eigenvalue weighted by Crippen LogP contribution is 2.57. The third-order valence-electron chi connectivity index (χ3n) is 11.0. The highest BCUT2D eigenvalue weighted by molar-refractivity contribution is 7.90. The van der Waals surface area contributed by atoms with Crippen molar-refractivity contribution in [1.82, 2.24) is 20.9 Å². The van der Waals surface area contributed by atoms with Gasteiger partial charge in [0.1, 0.15) is 21.9 Å². The van der Waals surface area contributed by atoms with Crippen LogP contribution in [0.4, 0.5) is 4.79 Å². The molecule has 12 nitrogen and oxygen atoms in total. The van der Waals surface area contributed by atoms with Gasteiger partial charge in [0.2, 0.25) is 17.6 Å². The van der Waals surface area contributed by atoms with Crippen LogP contribution in [-0.4, -0.2) is 85.1 Å². The van der Waals surface area contributed by atoms with Crippen LogP contribution in [0.3, 0.4) is 0 Å². The molecule has 0 aromatic heterocycles. The van der Waals surface area contributed by atoms with E-state index in [1.54, 1.807) is 0 Å². The van der Waals surface area contributed by atoms with Gasteiger partial charge in [0.25, 0.3) is 5.91 Å². The number of nitrogens with zero attached hydrogens (tertiary/aromatic N) is 1. The van der Waals surface area contributed by atoms with Gasteiger partial charge in [-0.05, 0) is 54.3 Å². The van der Waals surface area contributed by atoms with Crippen molar-refractivity contribution in [3.05, 3.63) is 0 Å². The minimum Gasteiger partial charge on any atom is -0.363 e. The summed E-state index contributed by atoms with van der Waals surface area (Å²) in [5.74, 6) is -2.84. The third kappa shape index (κ3) is 7.82. The summed E-state index contributed by atoms with van der Waals surface area (Å²) < 4.78 is 24.6. The number of hydrogen-bond acceptors (Lipinski definition) is 7. The minimum absolute atomic E-state index is 0.156. The summed E-state index contributed by atoms with van der Waals surface area (Å²) in [5, 5.41) is 8.59. The van der Waals surface area contributed by atoms with Crippen LogP contribution in [0.1, 0.15) is 98.8 Å². The quantitative estimate of drug-likeness (QED) is 0.246. The normalized spacial score (nSPS) is 27.2. The van der Waals surface area contributed by atoms with Crippen LogP contribution in [0.5, 0.6) is 0 Å². The van der Waals surface area contributed by atoms with Gasteiger partial charge >= 0.3 is 6.03 Å². The van der Waals surface area contributed by atoms with E-state index in [1.807, 2.05) is 20.8 Å². The Morgan fingerprint density at radius 1 is 0.978 bits per heavy atom. The topological polar surface area (TPSA) is 185 Å². The largest absolute Gasteiger partial charge is 0.363 e. The molecule has 5 atom stereocenters. The van der Waals surface area contributed by atoms with Gasteiger partial charge in [-0.3, -0.25) is 19.2 Å². The molecule has 0 aromatic rings. The molecular formula is C32H53N5O7S. The van der Waals surface area contributed by atoms with Crippen LogP contribution in [0.15, 0.2) is 0 Å². The van der Waals surface area contributed by atoms with Gasteiger partial charge in [0.05, 0.1) is 17.3 Å². The van der Waals surface area contributed by atoms with E-state index in [0.29, 0.717) is 25.8 Å². The van der Waals surface area contributed by atoms with Crippen LogP contribution >= 0.6 is 0 Å². The van der Waals surface area contributed by atoms with Crippen LogP contribution in [-0.2, 0) is 29.0 Å². The zero-order valence-corrected chi connectivity index (χ0v) is 28.6. The van der Waals surface area contributed by atoms with Gasteiger partial charge in [0.15, 0.2) is 0 Å². The molecule has 0 radical (unpaired) electrons. The summed E-state index contributed by atoms with van der Waals surface area (Å²) in [7, 11) is -3.39. The number of sulfone groups is 1. The lowest BCUT2D eigenvalue weighted by molar-refractivity contribution is -0.179. The predicted molar refractivity (Wildman–Crippen MR) is 169 cm³/mol. The number of carbonyl (C=O) groups is 5. The number of ketones is 1. The molecule has 2 heterocycles. The summed E-state index contributed by atoms with van der Waals surface area (Å²) >= 11 is 0. The van der Waals surface area contributed by atoms with E-state index in [0.717, 1.165) is 51.2 Å². The van der Waals surface area contributed by atoms with Crippen molar-refractivity contribution in [1.29, 1.82) is 0 Å². The van der Waals surface area contributed by atoms with E-state index in [1.165, 1.54) is 4.90 Å². The zero-order valence-electron chi connectivity index (χ0n) is 27.7. The van der Waals surface area contributed by atoms with E-state index >= 15 is 0 Å². The molecule has 0 aromatic carbocycles. The highest BCUT2D eigenvalue weighted by atomic mass is 32.2. The van der Waals surface area contributed by atoms with Crippen molar-refractivity contribution in [2.75, 3.05) is 18.6 Å². The number of fused-ring (bicyclic) bond motifs is 2. The van der Waals surface area contributed by atoms with Gasteiger partial charge in [-0.1, -0.05) is 73.1 Å². The second-order valence-electron chi connectivity index (χ2n) is 15.9. The number of nitrogens with one attached hydrogen (secondary N) is 3. The average molecular weight is 652 g/mol. The van der Waals surface area contributed by atoms with Crippen LogP contribution in [0.25, 0.3) is 0 Å². The molecule has 2 bridgehead atoms. The maximum Gasteiger partial charge on any atom is 0.315 e. The second kappa shape index (κ2) is 12.8. The predicted octanol–water partition coefficient (Wildman–Crippen LogP) is 2.05. The monoisotopic (exact) mass is 651 g/mol. The molecule has 5 fully saturated rings. The Morgan fingerprint density at radius 2 is 1.60 bits per heavy atom. The maximum atomic E-state index is 14.4. The van der Waals surface area contributed by atoms with Crippen LogP contribution < -0.4 is 21.7 Å². The van der Waals surface area contributed by atoms with Crippen molar-refractivity contribution >= 4 is 39.4 Å². The van der Waals surface area contributed by atoms with E-state index < -0.39 is 68.5 Å². The molecule has 5 rings (SSSR count). The highest BCUT2D eigenvalue weighted by Gasteiger charge is 2.61. The number of primary amides is 1. The summed E-state index contributed by atoms with van der Waals surface area (Å²) in [4.78, 5) is 68.1. The van der Waals surface area contributed by atoms with Gasteiger partial charge < -0.3 is 26.6 Å². The number of hydrogen-bond donors (Lipinski definition) is 4. The van der Waals surface area contributed by atoms with Gasteiger partial charge in [-0.2, -0.15) is 0 Å². The zero-order chi connectivity index (χ0) is 33.5. The van der Waals surface area contributed by atoms with Crippen molar-refractivity contribution in [3.63, 3.8) is 0 Å². The molecule has 3 aliphatic carbocycles. The first-order valence-corrected chi connectivity index (χ1v) is 18.5.